The van der Waals surface area contributed by atoms with E-state index in [1.54, 1.807) is 0 Å². The van der Waals surface area contributed by atoms with Crippen molar-refractivity contribution in [3.63, 3.8) is 0 Å². The van der Waals surface area contributed by atoms with Gasteiger partial charge >= 0.3 is 0 Å². The van der Waals surface area contributed by atoms with E-state index in [0.29, 0.717) is 6.04 Å². The Morgan fingerprint density at radius 2 is 1.14 bits per heavy atom. The van der Waals surface area contributed by atoms with E-state index in [2.05, 4.69) is 58.3 Å². The highest BCUT2D eigenvalue weighted by Gasteiger charge is 2.30. The van der Waals surface area contributed by atoms with Crippen molar-refractivity contribution in [2.24, 2.45) is 0 Å². The molecule has 0 unspecified atom stereocenters. The summed E-state index contributed by atoms with van der Waals surface area (Å²) in [5.74, 6) is 0. The van der Waals surface area contributed by atoms with Crippen molar-refractivity contribution in [1.29, 1.82) is 0 Å². The number of quaternary nitrogens is 1. The summed E-state index contributed by atoms with van der Waals surface area (Å²) in [5, 5.41) is 2.70. The van der Waals surface area contributed by atoms with Gasteiger partial charge in [0, 0.05) is 6.54 Å². The number of unbranched alkanes of at least 4 members (excludes halogenated alkanes) is 10. The molecule has 4 heteroatoms. The first kappa shape index (κ1) is 33.8. The first-order valence-corrected chi connectivity index (χ1v) is 11.8. The average molecular weight is 496 g/mol. The molecule has 0 amide bonds. The third-order valence-corrected chi connectivity index (χ3v) is 5.79. The summed E-state index contributed by atoms with van der Waals surface area (Å²) in [6, 6.07) is 0.532. The lowest BCUT2D eigenvalue weighted by Gasteiger charge is -2.44. The molecule has 0 aromatic rings. The molecule has 0 heterocycles. The molecule has 2 nitrogen and oxygen atoms in total. The van der Waals surface area contributed by atoms with Crippen LogP contribution in [0, 0.1) is 0 Å². The molecule has 0 radical (unpaired) electrons. The molecule has 0 aliphatic rings. The fraction of sp³-hybridized carbons (Fsp3) is 0.840. The molecule has 0 spiro atoms. The molecule has 0 bridgehead atoms. The monoisotopic (exact) mass is 494 g/mol. The van der Waals surface area contributed by atoms with Gasteiger partial charge in [0.15, 0.2) is 0 Å². The van der Waals surface area contributed by atoms with Gasteiger partial charge in [-0.2, -0.15) is 5.01 Å². The van der Waals surface area contributed by atoms with E-state index >= 15 is 0 Å². The van der Waals surface area contributed by atoms with Crippen LogP contribution in [-0.4, -0.2) is 42.8 Å². The molecule has 0 saturated carbocycles. The number of halogens is 2. The van der Waals surface area contributed by atoms with Gasteiger partial charge in [0.2, 0.25) is 0 Å². The molecular weight excluding hydrogens is 444 g/mol. The Morgan fingerprint density at radius 1 is 0.724 bits per heavy atom. The van der Waals surface area contributed by atoms with E-state index in [1.807, 2.05) is 0 Å². The van der Waals surface area contributed by atoms with Crippen LogP contribution in [0.3, 0.4) is 0 Å². The van der Waals surface area contributed by atoms with Crippen LogP contribution in [0.1, 0.15) is 104 Å². The van der Waals surface area contributed by atoms with Crippen molar-refractivity contribution < 1.29 is 21.6 Å². The minimum Gasteiger partial charge on any atom is -1.00 e. The minimum atomic E-state index is 0. The third kappa shape index (κ3) is 17.5. The van der Waals surface area contributed by atoms with Crippen molar-refractivity contribution in [3.05, 3.63) is 25.3 Å². The first-order valence-electron chi connectivity index (χ1n) is 11.8. The maximum absolute atomic E-state index is 3.99. The van der Waals surface area contributed by atoms with Gasteiger partial charge in [-0.15, -0.1) is 25.6 Å². The highest BCUT2D eigenvalue weighted by Crippen LogP contribution is 2.20. The second kappa shape index (κ2) is 22.8. The SMILES string of the molecule is C=CCC(CC=C)N(CCCC)[N+](C)(C)CCCCCCCCCCCC.Cl.[Br-]. The standard InChI is InChI=1S/C25H51N2.BrH.ClH/c1-7-11-13-14-15-16-17-18-19-20-24-27(5,6)26(23-12-8-2)25(21-9-3)22-10-4;;/h9-10,25H,3-4,7-8,11-24H2,1-2,5-6H3;2*1H/q+1;;/p-1. The van der Waals surface area contributed by atoms with Crippen LogP contribution in [0.2, 0.25) is 0 Å². The number of rotatable bonds is 20. The van der Waals surface area contributed by atoms with Crippen LogP contribution in [0.4, 0.5) is 0 Å². The Balaban J connectivity index is -0.00000338. The Hall–Kier alpha value is 0.170. The van der Waals surface area contributed by atoms with Crippen LogP contribution in [0.5, 0.6) is 0 Å². The second-order valence-electron chi connectivity index (χ2n) is 8.75. The highest BCUT2D eigenvalue weighted by atomic mass is 79.9. The van der Waals surface area contributed by atoms with Gasteiger partial charge in [0.1, 0.15) is 0 Å². The molecule has 0 N–H and O–H groups in total. The van der Waals surface area contributed by atoms with E-state index < -0.39 is 0 Å². The Kier molecular flexibility index (Phi) is 26.6. The molecule has 0 aromatic heterocycles. The van der Waals surface area contributed by atoms with Gasteiger partial charge in [-0.05, 0) is 32.1 Å². The smallest absolute Gasteiger partial charge is 0.0959 e. The molecule has 0 rings (SSSR count). The molecule has 0 aromatic carbocycles. The maximum atomic E-state index is 3.99. The summed E-state index contributed by atoms with van der Waals surface area (Å²) in [4.78, 5) is 0. The quantitative estimate of drug-likeness (QED) is 0.1000. The van der Waals surface area contributed by atoms with Gasteiger partial charge in [-0.25, -0.2) is 4.59 Å². The van der Waals surface area contributed by atoms with E-state index in [9.17, 15) is 0 Å². The van der Waals surface area contributed by atoms with E-state index in [1.165, 1.54) is 90.1 Å². The molecule has 0 atom stereocenters. The first-order chi connectivity index (χ1) is 13.0. The predicted molar refractivity (Wildman–Crippen MR) is 131 cm³/mol. The molecule has 0 aliphatic heterocycles. The number of nitrogens with zero attached hydrogens (tertiary/aromatic N) is 2. The van der Waals surface area contributed by atoms with Crippen LogP contribution >= 0.6 is 12.4 Å². The van der Waals surface area contributed by atoms with E-state index in [-0.39, 0.29) is 29.4 Å². The van der Waals surface area contributed by atoms with Crippen LogP contribution < -0.4 is 17.0 Å². The van der Waals surface area contributed by atoms with E-state index in [4.69, 9.17) is 0 Å². The topological polar surface area (TPSA) is 3.24 Å². The van der Waals surface area contributed by atoms with Gasteiger partial charge in [0.05, 0.1) is 26.7 Å². The van der Waals surface area contributed by atoms with Crippen molar-refractivity contribution in [3.8, 4) is 0 Å². The molecule has 0 aliphatic carbocycles. The number of hydrogen-bond donors (Lipinski definition) is 0. The summed E-state index contributed by atoms with van der Waals surface area (Å²) < 4.78 is 1.00. The lowest BCUT2D eigenvalue weighted by molar-refractivity contribution is -1.01. The maximum Gasteiger partial charge on any atom is 0.0959 e. The average Bonchev–Trinajstić information content (AvgIpc) is 2.63. The van der Waals surface area contributed by atoms with Crippen LogP contribution in [-0.2, 0) is 0 Å². The summed E-state index contributed by atoms with van der Waals surface area (Å²) >= 11 is 0. The fourth-order valence-corrected chi connectivity index (χ4v) is 4.05. The molecule has 29 heavy (non-hydrogen) atoms. The van der Waals surface area contributed by atoms with Crippen molar-refractivity contribution in [2.75, 3.05) is 27.2 Å². The van der Waals surface area contributed by atoms with Crippen molar-refractivity contribution in [1.82, 2.24) is 5.01 Å². The van der Waals surface area contributed by atoms with Gasteiger partial charge < -0.3 is 17.0 Å². The van der Waals surface area contributed by atoms with Crippen molar-refractivity contribution in [2.45, 2.75) is 110 Å². The lowest BCUT2D eigenvalue weighted by Crippen LogP contribution is -3.00. The zero-order chi connectivity index (χ0) is 20.4. The van der Waals surface area contributed by atoms with E-state index in [0.717, 1.165) is 17.4 Å². The van der Waals surface area contributed by atoms with Gasteiger partial charge in [0.25, 0.3) is 0 Å². The Bertz CT molecular complexity index is 351. The largest absolute Gasteiger partial charge is 1.00 e. The van der Waals surface area contributed by atoms with Crippen molar-refractivity contribution >= 4 is 12.4 Å². The predicted octanol–water partition coefficient (Wildman–Crippen LogP) is 4.95. The highest BCUT2D eigenvalue weighted by molar-refractivity contribution is 5.85. The zero-order valence-corrected chi connectivity index (χ0v) is 22.5. The fourth-order valence-electron chi connectivity index (χ4n) is 4.05. The van der Waals surface area contributed by atoms with Crippen LogP contribution in [0.25, 0.3) is 0 Å². The third-order valence-electron chi connectivity index (χ3n) is 5.79. The van der Waals surface area contributed by atoms with Gasteiger partial charge in [-0.3, -0.25) is 0 Å². The Labute approximate surface area is 200 Å². The number of hydrogen-bond acceptors (Lipinski definition) is 1. The zero-order valence-electron chi connectivity index (χ0n) is 20.1. The molecule has 176 valence electrons. The summed E-state index contributed by atoms with van der Waals surface area (Å²) in [6.07, 6.45) is 22.9. The Morgan fingerprint density at radius 3 is 1.55 bits per heavy atom. The van der Waals surface area contributed by atoms with Crippen LogP contribution in [0.15, 0.2) is 25.3 Å². The molecule has 0 saturated heterocycles. The molecule has 0 fully saturated rings. The normalized spacial score (nSPS) is 11.2. The minimum absolute atomic E-state index is 0. The summed E-state index contributed by atoms with van der Waals surface area (Å²) in [6.45, 7) is 15.0. The molecular formula is C25H52BrClN2. The summed E-state index contributed by atoms with van der Waals surface area (Å²) in [5.41, 5.74) is 0. The second-order valence-corrected chi connectivity index (χ2v) is 8.75. The van der Waals surface area contributed by atoms with Gasteiger partial charge in [-0.1, -0.05) is 83.8 Å². The lowest BCUT2D eigenvalue weighted by atomic mass is 10.1. The summed E-state index contributed by atoms with van der Waals surface area (Å²) in [7, 11) is 4.78.